The molecule has 0 spiro atoms. The topological polar surface area (TPSA) is 43.1 Å². The Morgan fingerprint density at radius 3 is 2.00 bits per heavy atom. The van der Waals surface area contributed by atoms with Crippen molar-refractivity contribution in [2.75, 3.05) is 0 Å². The largest absolute Gasteiger partial charge is 0.423 e. The Labute approximate surface area is 79.3 Å². The number of alkyl halides is 3. The SMILES string of the molecule is O=[N+]([O-])c1cc(F)c(F)cc1C(F)(F)F. The number of nitro groups is 1. The van der Waals surface area contributed by atoms with Gasteiger partial charge in [0.25, 0.3) is 5.69 Å². The minimum Gasteiger partial charge on any atom is -0.258 e. The number of nitrogens with zero attached hydrogens (tertiary/aromatic N) is 1. The van der Waals surface area contributed by atoms with Gasteiger partial charge in [0, 0.05) is 0 Å². The van der Waals surface area contributed by atoms with E-state index < -0.39 is 34.0 Å². The van der Waals surface area contributed by atoms with Crippen molar-refractivity contribution in [2.24, 2.45) is 0 Å². The lowest BCUT2D eigenvalue weighted by Crippen LogP contribution is -2.10. The first-order chi connectivity index (χ1) is 6.73. The Morgan fingerprint density at radius 1 is 1.13 bits per heavy atom. The van der Waals surface area contributed by atoms with E-state index in [1.54, 1.807) is 0 Å². The van der Waals surface area contributed by atoms with E-state index in [4.69, 9.17) is 0 Å². The highest BCUT2D eigenvalue weighted by Gasteiger charge is 2.39. The highest BCUT2D eigenvalue weighted by Crippen LogP contribution is 2.36. The van der Waals surface area contributed by atoms with Crippen molar-refractivity contribution in [3.8, 4) is 0 Å². The van der Waals surface area contributed by atoms with Crippen molar-refractivity contribution in [3.05, 3.63) is 39.4 Å². The van der Waals surface area contributed by atoms with Crippen molar-refractivity contribution >= 4 is 5.69 Å². The maximum absolute atomic E-state index is 12.5. The molecule has 0 aliphatic carbocycles. The zero-order valence-electron chi connectivity index (χ0n) is 6.81. The van der Waals surface area contributed by atoms with E-state index in [0.29, 0.717) is 0 Å². The Hall–Kier alpha value is -1.73. The Morgan fingerprint density at radius 2 is 1.60 bits per heavy atom. The fraction of sp³-hybridized carbons (Fsp3) is 0.143. The van der Waals surface area contributed by atoms with E-state index in [0.717, 1.165) is 0 Å². The van der Waals surface area contributed by atoms with Crippen LogP contribution in [0.25, 0.3) is 0 Å². The zero-order valence-corrected chi connectivity index (χ0v) is 6.81. The summed E-state index contributed by atoms with van der Waals surface area (Å²) in [5.74, 6) is -3.48. The molecule has 0 fully saturated rings. The summed E-state index contributed by atoms with van der Waals surface area (Å²) in [6.45, 7) is 0. The molecule has 0 heterocycles. The Bertz CT molecular complexity index is 415. The number of rotatable bonds is 1. The molecule has 1 rings (SSSR count). The molecule has 0 atom stereocenters. The second-order valence-electron chi connectivity index (χ2n) is 2.54. The first-order valence-electron chi connectivity index (χ1n) is 3.44. The standard InChI is InChI=1S/C7H2F5NO2/c8-4-1-3(7(10,11)12)6(13(14)15)2-5(4)9/h1-2H. The summed E-state index contributed by atoms with van der Waals surface area (Å²) < 4.78 is 61.3. The van der Waals surface area contributed by atoms with Crippen LogP contribution >= 0.6 is 0 Å². The first-order valence-corrected chi connectivity index (χ1v) is 3.44. The van der Waals surface area contributed by atoms with Gasteiger partial charge in [-0.2, -0.15) is 13.2 Å². The average molecular weight is 227 g/mol. The van der Waals surface area contributed by atoms with Crippen LogP contribution in [0.1, 0.15) is 5.56 Å². The van der Waals surface area contributed by atoms with E-state index in [9.17, 15) is 32.1 Å². The molecular weight excluding hydrogens is 225 g/mol. The van der Waals surface area contributed by atoms with E-state index >= 15 is 0 Å². The van der Waals surface area contributed by atoms with Crippen molar-refractivity contribution in [1.29, 1.82) is 0 Å². The van der Waals surface area contributed by atoms with Gasteiger partial charge < -0.3 is 0 Å². The summed E-state index contributed by atoms with van der Waals surface area (Å²) in [4.78, 5) is 8.72. The molecule has 82 valence electrons. The first kappa shape index (κ1) is 11.3. The van der Waals surface area contributed by atoms with Gasteiger partial charge in [0.1, 0.15) is 5.56 Å². The van der Waals surface area contributed by atoms with Crippen molar-refractivity contribution in [3.63, 3.8) is 0 Å². The number of hydrogen-bond donors (Lipinski definition) is 0. The smallest absolute Gasteiger partial charge is 0.258 e. The highest BCUT2D eigenvalue weighted by molar-refractivity contribution is 5.42. The third kappa shape index (κ3) is 2.20. The Balaban J connectivity index is 3.49. The molecule has 3 nitrogen and oxygen atoms in total. The van der Waals surface area contributed by atoms with Crippen LogP contribution in [-0.4, -0.2) is 4.92 Å². The van der Waals surface area contributed by atoms with Gasteiger partial charge in [0.2, 0.25) is 0 Å². The predicted molar refractivity (Wildman–Crippen MR) is 38.0 cm³/mol. The maximum atomic E-state index is 12.5. The normalized spacial score (nSPS) is 11.5. The summed E-state index contributed by atoms with van der Waals surface area (Å²) in [5.41, 5.74) is -3.33. The molecule has 8 heteroatoms. The van der Waals surface area contributed by atoms with E-state index in [-0.39, 0.29) is 12.1 Å². The zero-order chi connectivity index (χ0) is 11.8. The summed E-state index contributed by atoms with van der Waals surface area (Å²) in [7, 11) is 0. The van der Waals surface area contributed by atoms with Crippen LogP contribution in [0.2, 0.25) is 0 Å². The minimum absolute atomic E-state index is 0.0991. The molecule has 0 saturated carbocycles. The molecule has 0 aliphatic rings. The molecule has 0 aliphatic heterocycles. The average Bonchev–Trinajstić information content (AvgIpc) is 2.06. The third-order valence-electron chi connectivity index (χ3n) is 1.54. The molecule has 0 unspecified atom stereocenters. The van der Waals surface area contributed by atoms with Crippen LogP contribution in [0.5, 0.6) is 0 Å². The summed E-state index contributed by atoms with van der Waals surface area (Å²) in [5, 5.41) is 10.1. The van der Waals surface area contributed by atoms with Crippen LogP contribution in [-0.2, 0) is 6.18 Å². The quantitative estimate of drug-likeness (QED) is 0.420. The van der Waals surface area contributed by atoms with Crippen LogP contribution in [0.4, 0.5) is 27.6 Å². The minimum atomic E-state index is -5.10. The fourth-order valence-corrected chi connectivity index (χ4v) is 0.914. The maximum Gasteiger partial charge on any atom is 0.423 e. The lowest BCUT2D eigenvalue weighted by molar-refractivity contribution is -0.388. The van der Waals surface area contributed by atoms with Gasteiger partial charge in [-0.25, -0.2) is 8.78 Å². The fourth-order valence-electron chi connectivity index (χ4n) is 0.914. The molecule has 0 radical (unpaired) electrons. The van der Waals surface area contributed by atoms with Gasteiger partial charge >= 0.3 is 6.18 Å². The van der Waals surface area contributed by atoms with Crippen LogP contribution < -0.4 is 0 Å². The molecule has 1 aromatic carbocycles. The number of benzene rings is 1. The van der Waals surface area contributed by atoms with Gasteiger partial charge in [0.05, 0.1) is 11.0 Å². The second kappa shape index (κ2) is 3.44. The lowest BCUT2D eigenvalue weighted by Gasteiger charge is -2.07. The number of halogens is 5. The number of nitro benzene ring substituents is 1. The third-order valence-corrected chi connectivity index (χ3v) is 1.54. The van der Waals surface area contributed by atoms with Gasteiger partial charge in [-0.05, 0) is 6.07 Å². The summed E-state index contributed by atoms with van der Waals surface area (Å²) >= 11 is 0. The van der Waals surface area contributed by atoms with Crippen LogP contribution in [0.3, 0.4) is 0 Å². The molecule has 0 bridgehead atoms. The molecular formula is C7H2F5NO2. The van der Waals surface area contributed by atoms with E-state index in [1.807, 2.05) is 0 Å². The molecule has 0 N–H and O–H groups in total. The summed E-state index contributed by atoms with van der Waals surface area (Å²) in [6, 6.07) is -0.342. The predicted octanol–water partition coefficient (Wildman–Crippen LogP) is 2.89. The van der Waals surface area contributed by atoms with Gasteiger partial charge in [-0.15, -0.1) is 0 Å². The van der Waals surface area contributed by atoms with Crippen LogP contribution in [0.15, 0.2) is 12.1 Å². The van der Waals surface area contributed by atoms with E-state index in [2.05, 4.69) is 0 Å². The summed E-state index contributed by atoms with van der Waals surface area (Å²) in [6.07, 6.45) is -5.10. The second-order valence-corrected chi connectivity index (χ2v) is 2.54. The van der Waals surface area contributed by atoms with Gasteiger partial charge in [-0.1, -0.05) is 0 Å². The highest BCUT2D eigenvalue weighted by atomic mass is 19.4. The lowest BCUT2D eigenvalue weighted by atomic mass is 10.1. The van der Waals surface area contributed by atoms with Gasteiger partial charge in [-0.3, -0.25) is 10.1 Å². The monoisotopic (exact) mass is 227 g/mol. The molecule has 0 amide bonds. The van der Waals surface area contributed by atoms with Gasteiger partial charge in [0.15, 0.2) is 11.6 Å². The molecule has 0 saturated heterocycles. The van der Waals surface area contributed by atoms with Crippen LogP contribution in [0, 0.1) is 21.7 Å². The van der Waals surface area contributed by atoms with Crippen molar-refractivity contribution in [2.45, 2.75) is 6.18 Å². The molecule has 1 aromatic rings. The number of hydrogen-bond acceptors (Lipinski definition) is 2. The molecule has 0 aromatic heterocycles. The van der Waals surface area contributed by atoms with Crippen molar-refractivity contribution in [1.82, 2.24) is 0 Å². The van der Waals surface area contributed by atoms with Crippen molar-refractivity contribution < 1.29 is 26.9 Å². The molecule has 15 heavy (non-hydrogen) atoms. The Kier molecular flexibility index (Phi) is 2.61. The van der Waals surface area contributed by atoms with E-state index in [1.165, 1.54) is 0 Å².